The molecule has 0 heterocycles. The number of allylic oxidation sites excluding steroid dienone is 1. The van der Waals surface area contributed by atoms with Gasteiger partial charge in [-0.3, -0.25) is 10.3 Å². The van der Waals surface area contributed by atoms with Gasteiger partial charge in [0.2, 0.25) is 0 Å². The first-order chi connectivity index (χ1) is 14.5. The number of aryl methyl sites for hydroxylation is 2. The number of ether oxygens (including phenoxy) is 2. The second kappa shape index (κ2) is 16.6. The van der Waals surface area contributed by atoms with Gasteiger partial charge in [-0.25, -0.2) is 0 Å². The molecule has 0 atom stereocenters. The Morgan fingerprint density at radius 1 is 0.900 bits per heavy atom. The van der Waals surface area contributed by atoms with Crippen LogP contribution in [0.15, 0.2) is 45.5 Å². The van der Waals surface area contributed by atoms with E-state index in [0.29, 0.717) is 19.8 Å². The summed E-state index contributed by atoms with van der Waals surface area (Å²) in [5.74, 6) is 1.76. The number of rotatable bonds is 15. The summed E-state index contributed by atoms with van der Waals surface area (Å²) < 4.78 is 12.2. The van der Waals surface area contributed by atoms with Crippen molar-refractivity contribution in [1.29, 1.82) is 0 Å². The Bertz CT molecular complexity index is 687. The molecule has 0 radical (unpaired) electrons. The summed E-state index contributed by atoms with van der Waals surface area (Å²) in [6, 6.07) is 4.04. The van der Waals surface area contributed by atoms with Gasteiger partial charge in [0, 0.05) is 6.20 Å². The van der Waals surface area contributed by atoms with Crippen molar-refractivity contribution < 1.29 is 14.3 Å². The molecule has 168 valence electrons. The number of unbranched alkanes of at least 4 members (excludes halogenated alkanes) is 2. The largest absolute Gasteiger partial charge is 0.493 e. The van der Waals surface area contributed by atoms with E-state index >= 15 is 0 Å². The molecule has 0 aliphatic rings. The third-order valence-electron chi connectivity index (χ3n) is 4.07. The molecule has 0 spiro atoms. The minimum Gasteiger partial charge on any atom is -0.493 e. The Hall–Kier alpha value is -1.04. The van der Waals surface area contributed by atoms with Crippen LogP contribution in [0.3, 0.4) is 0 Å². The van der Waals surface area contributed by atoms with Crippen molar-refractivity contribution in [1.82, 2.24) is 5.48 Å². The number of halogens is 4. The molecule has 1 aromatic carbocycles. The van der Waals surface area contributed by atoms with E-state index < -0.39 is 0 Å². The molecular weight excluding hydrogens is 468 g/mol. The third kappa shape index (κ3) is 12.0. The minimum atomic E-state index is 0.189. The van der Waals surface area contributed by atoms with Gasteiger partial charge < -0.3 is 9.47 Å². The van der Waals surface area contributed by atoms with Gasteiger partial charge in [-0.2, -0.15) is 0 Å². The molecule has 0 amide bonds. The Balaban J connectivity index is 2.43. The maximum absolute atomic E-state index is 6.12. The number of benzene rings is 1. The first kappa shape index (κ1) is 27.0. The SMILES string of the molecule is CCc1cc(OCC=C(Cl)Cl)cc(CC)c1OCCCCC=CNOCC=C(Cl)Cl. The number of hydroxylamine groups is 1. The first-order valence-electron chi connectivity index (χ1n) is 9.93. The molecule has 0 saturated carbocycles. The molecule has 0 fully saturated rings. The fraction of sp³-hybridized carbons (Fsp3) is 0.455. The summed E-state index contributed by atoms with van der Waals surface area (Å²) in [5, 5.41) is 0. The number of nitrogens with one attached hydrogen (secondary N) is 1. The highest BCUT2D eigenvalue weighted by Gasteiger charge is 2.11. The van der Waals surface area contributed by atoms with Crippen molar-refractivity contribution in [2.24, 2.45) is 0 Å². The predicted molar refractivity (Wildman–Crippen MR) is 128 cm³/mol. The molecule has 0 unspecified atom stereocenters. The summed E-state index contributed by atoms with van der Waals surface area (Å²) in [5.41, 5.74) is 4.98. The Morgan fingerprint density at radius 3 is 2.13 bits per heavy atom. The lowest BCUT2D eigenvalue weighted by atomic mass is 10.0. The molecule has 0 aliphatic carbocycles. The zero-order chi connectivity index (χ0) is 22.2. The van der Waals surface area contributed by atoms with Crippen LogP contribution in [0.2, 0.25) is 0 Å². The van der Waals surface area contributed by atoms with Gasteiger partial charge >= 0.3 is 0 Å². The van der Waals surface area contributed by atoms with E-state index in [-0.39, 0.29) is 8.98 Å². The summed E-state index contributed by atoms with van der Waals surface area (Å²) in [6.45, 7) is 5.53. The van der Waals surface area contributed by atoms with Gasteiger partial charge in [0.1, 0.15) is 27.1 Å². The molecule has 1 N–H and O–H groups in total. The van der Waals surface area contributed by atoms with Crippen molar-refractivity contribution in [2.45, 2.75) is 46.0 Å². The van der Waals surface area contributed by atoms with Crippen LogP contribution in [-0.4, -0.2) is 19.8 Å². The highest BCUT2D eigenvalue weighted by atomic mass is 35.5. The van der Waals surface area contributed by atoms with E-state index in [1.807, 2.05) is 18.2 Å². The Kier molecular flexibility index (Phi) is 15.0. The monoisotopic (exact) mass is 495 g/mol. The maximum atomic E-state index is 6.12. The standard InChI is InChI=1S/C22H29Cl4NO3/c1-3-17-15-19(28-13-9-20(23)24)16-18(4-2)22(17)29-12-8-6-5-7-11-27-30-14-10-21(25)26/h7,9-11,15-16,27H,3-6,8,12-14H2,1-2H3. The zero-order valence-electron chi connectivity index (χ0n) is 17.4. The van der Waals surface area contributed by atoms with Crippen molar-refractivity contribution in [3.05, 3.63) is 56.7 Å². The fourth-order valence-electron chi connectivity index (χ4n) is 2.59. The summed E-state index contributed by atoms with van der Waals surface area (Å²) >= 11 is 22.2. The summed E-state index contributed by atoms with van der Waals surface area (Å²) in [6.07, 6.45) is 11.6. The van der Waals surface area contributed by atoms with Crippen LogP contribution in [0.4, 0.5) is 0 Å². The fourth-order valence-corrected chi connectivity index (χ4v) is 2.84. The average Bonchev–Trinajstić information content (AvgIpc) is 2.71. The van der Waals surface area contributed by atoms with Crippen molar-refractivity contribution in [3.8, 4) is 11.5 Å². The third-order valence-corrected chi connectivity index (χ3v) is 4.68. The van der Waals surface area contributed by atoms with E-state index in [1.54, 1.807) is 18.4 Å². The van der Waals surface area contributed by atoms with Gasteiger partial charge in [-0.15, -0.1) is 0 Å². The van der Waals surface area contributed by atoms with E-state index in [0.717, 1.165) is 54.7 Å². The van der Waals surface area contributed by atoms with Crippen LogP contribution in [-0.2, 0) is 17.7 Å². The molecule has 0 bridgehead atoms. The Morgan fingerprint density at radius 2 is 1.53 bits per heavy atom. The molecule has 1 rings (SSSR count). The molecule has 30 heavy (non-hydrogen) atoms. The van der Waals surface area contributed by atoms with Crippen LogP contribution in [0, 0.1) is 0 Å². The molecular formula is C22H29Cl4NO3. The topological polar surface area (TPSA) is 39.7 Å². The minimum absolute atomic E-state index is 0.189. The average molecular weight is 497 g/mol. The van der Waals surface area contributed by atoms with E-state index in [9.17, 15) is 0 Å². The zero-order valence-corrected chi connectivity index (χ0v) is 20.4. The van der Waals surface area contributed by atoms with E-state index in [1.165, 1.54) is 0 Å². The molecule has 4 nitrogen and oxygen atoms in total. The summed E-state index contributed by atoms with van der Waals surface area (Å²) in [7, 11) is 0. The van der Waals surface area contributed by atoms with Gasteiger partial charge in [0.25, 0.3) is 0 Å². The quantitative estimate of drug-likeness (QED) is 0.202. The van der Waals surface area contributed by atoms with Crippen LogP contribution in [0.25, 0.3) is 0 Å². The van der Waals surface area contributed by atoms with Crippen LogP contribution in [0.1, 0.15) is 44.2 Å². The second-order valence-electron chi connectivity index (χ2n) is 6.25. The van der Waals surface area contributed by atoms with Gasteiger partial charge in [0.05, 0.1) is 13.2 Å². The molecule has 1 aromatic rings. The highest BCUT2D eigenvalue weighted by Crippen LogP contribution is 2.31. The molecule has 0 aromatic heterocycles. The number of hydrogen-bond acceptors (Lipinski definition) is 4. The first-order valence-corrected chi connectivity index (χ1v) is 11.4. The lowest BCUT2D eigenvalue weighted by Crippen LogP contribution is -2.06. The van der Waals surface area contributed by atoms with Crippen molar-refractivity contribution >= 4 is 46.4 Å². The van der Waals surface area contributed by atoms with E-state index in [4.69, 9.17) is 60.7 Å². The smallest absolute Gasteiger partial charge is 0.125 e. The lowest BCUT2D eigenvalue weighted by molar-refractivity contribution is 0.0953. The van der Waals surface area contributed by atoms with Crippen LogP contribution >= 0.6 is 46.4 Å². The van der Waals surface area contributed by atoms with Crippen LogP contribution in [0.5, 0.6) is 11.5 Å². The maximum Gasteiger partial charge on any atom is 0.125 e. The molecule has 8 heteroatoms. The van der Waals surface area contributed by atoms with Gasteiger partial charge in [-0.1, -0.05) is 66.3 Å². The van der Waals surface area contributed by atoms with Crippen molar-refractivity contribution in [2.75, 3.05) is 19.8 Å². The van der Waals surface area contributed by atoms with Gasteiger partial charge in [-0.05, 0) is 67.5 Å². The van der Waals surface area contributed by atoms with Crippen molar-refractivity contribution in [3.63, 3.8) is 0 Å². The lowest BCUT2D eigenvalue weighted by Gasteiger charge is -2.17. The predicted octanol–water partition coefficient (Wildman–Crippen LogP) is 7.41. The number of hydrogen-bond donors (Lipinski definition) is 1. The molecule has 0 aliphatic heterocycles. The Labute approximate surface area is 199 Å². The van der Waals surface area contributed by atoms with E-state index in [2.05, 4.69) is 19.3 Å². The highest BCUT2D eigenvalue weighted by molar-refractivity contribution is 6.56. The van der Waals surface area contributed by atoms with Gasteiger partial charge in [0.15, 0.2) is 0 Å². The normalized spacial score (nSPS) is 10.7. The second-order valence-corrected chi connectivity index (χ2v) is 8.27. The molecule has 0 saturated heterocycles. The van der Waals surface area contributed by atoms with Crippen LogP contribution < -0.4 is 15.0 Å². The summed E-state index contributed by atoms with van der Waals surface area (Å²) in [4.78, 5) is 5.09.